The number of benzene rings is 6. The van der Waals surface area contributed by atoms with E-state index in [1.54, 1.807) is 6.20 Å². The highest BCUT2D eigenvalue weighted by Gasteiger charge is 2.22. The second-order valence-electron chi connectivity index (χ2n) is 12.0. The Labute approximate surface area is 284 Å². The lowest BCUT2D eigenvalue weighted by atomic mass is 9.95. The second-order valence-corrected chi connectivity index (χ2v) is 12.0. The van der Waals surface area contributed by atoms with E-state index in [9.17, 15) is 0 Å². The number of fused-ring (bicyclic) bond motifs is 3. The number of aromatic nitrogens is 3. The zero-order valence-corrected chi connectivity index (χ0v) is 26.5. The fraction of sp³-hybridized carbons (Fsp3) is 0. The molecule has 6 aromatic carbocycles. The lowest BCUT2D eigenvalue weighted by Gasteiger charge is -2.17. The van der Waals surface area contributed by atoms with Crippen molar-refractivity contribution in [3.63, 3.8) is 0 Å². The van der Waals surface area contributed by atoms with Gasteiger partial charge >= 0.3 is 0 Å². The highest BCUT2D eigenvalue weighted by molar-refractivity contribution is 6.14. The quantitative estimate of drug-likeness (QED) is 0.184. The minimum Gasteiger partial charge on any atom is -0.456 e. The van der Waals surface area contributed by atoms with Crippen LogP contribution in [0.1, 0.15) is 0 Å². The topological polar surface area (TPSA) is 51.8 Å². The first-order chi connectivity index (χ1) is 24.3. The molecule has 0 N–H and O–H groups in total. The lowest BCUT2D eigenvalue weighted by molar-refractivity contribution is 0.669. The van der Waals surface area contributed by atoms with E-state index in [4.69, 9.17) is 14.4 Å². The first-order valence-electron chi connectivity index (χ1n) is 16.3. The van der Waals surface area contributed by atoms with Crippen LogP contribution >= 0.6 is 0 Å². The summed E-state index contributed by atoms with van der Waals surface area (Å²) in [6.45, 7) is 0. The zero-order valence-electron chi connectivity index (χ0n) is 26.5. The number of nitrogens with zero attached hydrogens (tertiary/aromatic N) is 3. The van der Waals surface area contributed by atoms with Crippen LogP contribution in [0.5, 0.6) is 0 Å². The van der Waals surface area contributed by atoms with Gasteiger partial charge in [0.15, 0.2) is 0 Å². The van der Waals surface area contributed by atoms with Crippen LogP contribution in [0.25, 0.3) is 89.2 Å². The van der Waals surface area contributed by atoms with E-state index in [-0.39, 0.29) is 0 Å². The Morgan fingerprint density at radius 2 is 0.898 bits per heavy atom. The van der Waals surface area contributed by atoms with E-state index >= 15 is 0 Å². The van der Waals surface area contributed by atoms with Gasteiger partial charge < -0.3 is 4.42 Å². The normalized spacial score (nSPS) is 11.3. The lowest BCUT2D eigenvalue weighted by Crippen LogP contribution is -2.01. The molecule has 0 aliphatic heterocycles. The summed E-state index contributed by atoms with van der Waals surface area (Å²) in [4.78, 5) is 15.4. The molecule has 0 spiro atoms. The molecule has 0 saturated heterocycles. The van der Waals surface area contributed by atoms with Crippen LogP contribution in [0, 0.1) is 0 Å². The summed E-state index contributed by atoms with van der Waals surface area (Å²) in [5, 5.41) is 2.06. The number of hydrogen-bond donors (Lipinski definition) is 0. The maximum Gasteiger partial charge on any atom is 0.136 e. The van der Waals surface area contributed by atoms with Crippen LogP contribution in [0.4, 0.5) is 0 Å². The number of furan rings is 1. The monoisotopic (exact) mass is 627 g/mol. The second kappa shape index (κ2) is 12.2. The first-order valence-corrected chi connectivity index (χ1v) is 16.3. The molecule has 9 rings (SSSR count). The molecular weight excluding hydrogens is 599 g/mol. The third kappa shape index (κ3) is 5.26. The van der Waals surface area contributed by atoms with E-state index in [1.165, 1.54) is 0 Å². The van der Waals surface area contributed by atoms with Crippen LogP contribution in [-0.4, -0.2) is 15.0 Å². The van der Waals surface area contributed by atoms with Gasteiger partial charge in [-0.1, -0.05) is 140 Å². The van der Waals surface area contributed by atoms with Gasteiger partial charge in [-0.3, -0.25) is 4.98 Å². The molecule has 0 unspecified atom stereocenters. The van der Waals surface area contributed by atoms with Crippen LogP contribution in [0.2, 0.25) is 0 Å². The van der Waals surface area contributed by atoms with Gasteiger partial charge in [0.25, 0.3) is 0 Å². The fourth-order valence-electron chi connectivity index (χ4n) is 6.61. The summed E-state index contributed by atoms with van der Waals surface area (Å²) in [7, 11) is 0. The summed E-state index contributed by atoms with van der Waals surface area (Å²) < 4.78 is 6.47. The van der Waals surface area contributed by atoms with Crippen LogP contribution in [0.3, 0.4) is 0 Å². The van der Waals surface area contributed by atoms with Crippen molar-refractivity contribution in [3.8, 4) is 67.3 Å². The van der Waals surface area contributed by atoms with Gasteiger partial charge in [0.05, 0.1) is 22.8 Å². The number of pyridine rings is 1. The molecule has 0 aliphatic rings. The molecule has 0 saturated carbocycles. The van der Waals surface area contributed by atoms with Gasteiger partial charge in [0.1, 0.15) is 11.2 Å². The van der Waals surface area contributed by atoms with Crippen molar-refractivity contribution in [2.45, 2.75) is 0 Å². The minimum atomic E-state index is 0.797. The van der Waals surface area contributed by atoms with E-state index < -0.39 is 0 Å². The summed E-state index contributed by atoms with van der Waals surface area (Å²) in [6, 6.07) is 56.3. The van der Waals surface area contributed by atoms with Gasteiger partial charge in [-0.05, 0) is 46.5 Å². The summed E-state index contributed by atoms with van der Waals surface area (Å²) in [6.07, 6.45) is 3.68. The zero-order chi connectivity index (χ0) is 32.6. The Bertz CT molecular complexity index is 2560. The predicted molar refractivity (Wildman–Crippen MR) is 200 cm³/mol. The molecule has 3 heterocycles. The first kappa shape index (κ1) is 28.6. The number of hydrogen-bond acceptors (Lipinski definition) is 4. The van der Waals surface area contributed by atoms with Crippen molar-refractivity contribution in [3.05, 3.63) is 176 Å². The molecule has 230 valence electrons. The molecule has 4 nitrogen and oxygen atoms in total. The fourth-order valence-corrected chi connectivity index (χ4v) is 6.61. The third-order valence-corrected chi connectivity index (χ3v) is 9.00. The molecule has 0 radical (unpaired) electrons. The average Bonchev–Trinajstić information content (AvgIpc) is 3.57. The Morgan fingerprint density at radius 1 is 0.367 bits per heavy atom. The maximum absolute atomic E-state index is 6.47. The van der Waals surface area contributed by atoms with Crippen molar-refractivity contribution >= 4 is 21.9 Å². The Kier molecular flexibility index (Phi) is 7.10. The van der Waals surface area contributed by atoms with Crippen LogP contribution in [-0.2, 0) is 0 Å². The molecule has 0 bridgehead atoms. The van der Waals surface area contributed by atoms with E-state index in [1.807, 2.05) is 66.9 Å². The summed E-state index contributed by atoms with van der Waals surface area (Å²) in [5.74, 6) is 0. The van der Waals surface area contributed by atoms with Gasteiger partial charge in [0.2, 0.25) is 0 Å². The Hall–Kier alpha value is -6.65. The molecule has 49 heavy (non-hydrogen) atoms. The van der Waals surface area contributed by atoms with E-state index in [2.05, 4.69) is 108 Å². The predicted octanol–water partition coefficient (Wildman–Crippen LogP) is 11.8. The standard InChI is InChI=1S/C45H29N3O/c1-4-12-30(13-5-1)35-25-26-39-38(28-35)41-37(19-10-20-40(41)49-39)45-44(34-23-21-31(22-24-34)36-18-11-27-46-29-36)47-42(32-14-6-2-7-15-32)43(48-45)33-16-8-3-9-17-33/h1-29H. The van der Waals surface area contributed by atoms with Crippen molar-refractivity contribution in [2.24, 2.45) is 0 Å². The highest BCUT2D eigenvalue weighted by Crippen LogP contribution is 2.43. The van der Waals surface area contributed by atoms with Gasteiger partial charge in [-0.25, -0.2) is 9.97 Å². The van der Waals surface area contributed by atoms with Gasteiger partial charge in [-0.2, -0.15) is 0 Å². The Morgan fingerprint density at radius 3 is 1.55 bits per heavy atom. The molecular formula is C45H29N3O. The molecule has 0 fully saturated rings. The molecule has 0 amide bonds. The third-order valence-electron chi connectivity index (χ3n) is 9.00. The maximum atomic E-state index is 6.47. The molecule has 3 aromatic heterocycles. The number of rotatable bonds is 6. The van der Waals surface area contributed by atoms with Crippen molar-refractivity contribution < 1.29 is 4.42 Å². The Balaban J connectivity index is 1.33. The van der Waals surface area contributed by atoms with Crippen LogP contribution < -0.4 is 0 Å². The minimum absolute atomic E-state index is 0.797. The van der Waals surface area contributed by atoms with Crippen molar-refractivity contribution in [1.82, 2.24) is 15.0 Å². The summed E-state index contributed by atoms with van der Waals surface area (Å²) in [5.41, 5.74) is 13.3. The average molecular weight is 628 g/mol. The van der Waals surface area contributed by atoms with Gasteiger partial charge in [0, 0.05) is 45.4 Å². The van der Waals surface area contributed by atoms with Gasteiger partial charge in [-0.15, -0.1) is 0 Å². The van der Waals surface area contributed by atoms with E-state index in [0.29, 0.717) is 0 Å². The van der Waals surface area contributed by atoms with Crippen LogP contribution in [0.15, 0.2) is 181 Å². The largest absolute Gasteiger partial charge is 0.456 e. The van der Waals surface area contributed by atoms with Crippen molar-refractivity contribution in [2.75, 3.05) is 0 Å². The smallest absolute Gasteiger partial charge is 0.136 e. The molecule has 4 heteroatoms. The van der Waals surface area contributed by atoms with Crippen molar-refractivity contribution in [1.29, 1.82) is 0 Å². The highest BCUT2D eigenvalue weighted by atomic mass is 16.3. The SMILES string of the molecule is c1ccc(-c2ccc3oc4cccc(-c5nc(-c6ccccc6)c(-c6ccccc6)nc5-c5ccc(-c6cccnc6)cc5)c4c3c2)cc1. The van der Waals surface area contributed by atoms with E-state index in [0.717, 1.165) is 89.2 Å². The molecule has 0 atom stereocenters. The summed E-state index contributed by atoms with van der Waals surface area (Å²) >= 11 is 0. The molecule has 0 aliphatic carbocycles. The molecule has 9 aromatic rings.